The van der Waals surface area contributed by atoms with Gasteiger partial charge < -0.3 is 4.74 Å². The minimum absolute atomic E-state index is 0.140. The Labute approximate surface area is 106 Å². The maximum atomic E-state index is 12.4. The van der Waals surface area contributed by atoms with E-state index in [9.17, 15) is 9.59 Å². The van der Waals surface area contributed by atoms with Crippen LogP contribution in [-0.4, -0.2) is 18.4 Å². The zero-order chi connectivity index (χ0) is 13.2. The molecule has 3 heteroatoms. The third kappa shape index (κ3) is 1.96. The molecule has 1 aliphatic rings. The van der Waals surface area contributed by atoms with Crippen LogP contribution < -0.4 is 0 Å². The fourth-order valence-corrected chi connectivity index (χ4v) is 2.24. The third-order valence-corrected chi connectivity index (χ3v) is 3.44. The number of carbonyl (C=O) groups is 2. The third-order valence-electron chi connectivity index (χ3n) is 3.44. The van der Waals surface area contributed by atoms with E-state index < -0.39 is 11.4 Å². The normalized spacial score (nSPS) is 22.2. The standard InChI is InChI=1S/C15H16O3/c1-3-10-18-14(17)15(2)9-8-11-6-4-5-7-12(11)13(15)16/h3-7H,1,8-10H2,2H3. The highest BCUT2D eigenvalue weighted by Gasteiger charge is 2.45. The van der Waals surface area contributed by atoms with E-state index in [4.69, 9.17) is 4.74 Å². The van der Waals surface area contributed by atoms with Crippen molar-refractivity contribution in [2.45, 2.75) is 19.8 Å². The lowest BCUT2D eigenvalue weighted by Gasteiger charge is -2.30. The van der Waals surface area contributed by atoms with Gasteiger partial charge in [-0.3, -0.25) is 9.59 Å². The van der Waals surface area contributed by atoms with Crippen molar-refractivity contribution in [2.75, 3.05) is 6.61 Å². The summed E-state index contributed by atoms with van der Waals surface area (Å²) < 4.78 is 5.04. The van der Waals surface area contributed by atoms with Crippen LogP contribution in [0, 0.1) is 5.41 Å². The molecule has 0 heterocycles. The van der Waals surface area contributed by atoms with Crippen LogP contribution in [0.3, 0.4) is 0 Å². The molecular weight excluding hydrogens is 228 g/mol. The predicted molar refractivity (Wildman–Crippen MR) is 68.4 cm³/mol. The Bertz CT molecular complexity index is 504. The summed E-state index contributed by atoms with van der Waals surface area (Å²) in [5.41, 5.74) is 0.593. The number of ether oxygens (including phenoxy) is 1. The fraction of sp³-hybridized carbons (Fsp3) is 0.333. The van der Waals surface area contributed by atoms with Crippen LogP contribution >= 0.6 is 0 Å². The summed E-state index contributed by atoms with van der Waals surface area (Å²) >= 11 is 0. The summed E-state index contributed by atoms with van der Waals surface area (Å²) in [6.45, 7) is 5.30. The molecule has 0 saturated heterocycles. The molecule has 0 aliphatic heterocycles. The van der Waals surface area contributed by atoms with Gasteiger partial charge in [0.1, 0.15) is 12.0 Å². The van der Waals surface area contributed by atoms with Crippen LogP contribution in [0.2, 0.25) is 0 Å². The maximum Gasteiger partial charge on any atom is 0.320 e. The van der Waals surface area contributed by atoms with Crippen molar-refractivity contribution < 1.29 is 14.3 Å². The van der Waals surface area contributed by atoms with Gasteiger partial charge in [0, 0.05) is 5.56 Å². The number of rotatable bonds is 3. The Balaban J connectivity index is 2.30. The van der Waals surface area contributed by atoms with Gasteiger partial charge in [-0.2, -0.15) is 0 Å². The molecule has 0 bridgehead atoms. The Morgan fingerprint density at radius 1 is 1.50 bits per heavy atom. The molecule has 0 fully saturated rings. The lowest BCUT2D eigenvalue weighted by molar-refractivity contribution is -0.151. The Morgan fingerprint density at radius 2 is 2.22 bits per heavy atom. The Kier molecular flexibility index (Phi) is 3.32. The van der Waals surface area contributed by atoms with Crippen molar-refractivity contribution in [3.8, 4) is 0 Å². The van der Waals surface area contributed by atoms with Gasteiger partial charge in [0.05, 0.1) is 0 Å². The zero-order valence-corrected chi connectivity index (χ0v) is 10.4. The van der Waals surface area contributed by atoms with Crippen LogP contribution in [0.1, 0.15) is 29.3 Å². The summed E-state index contributed by atoms with van der Waals surface area (Å²) in [4.78, 5) is 24.4. The number of benzene rings is 1. The zero-order valence-electron chi connectivity index (χ0n) is 10.4. The van der Waals surface area contributed by atoms with Gasteiger partial charge in [-0.15, -0.1) is 0 Å². The van der Waals surface area contributed by atoms with Crippen molar-refractivity contribution in [1.29, 1.82) is 0 Å². The van der Waals surface area contributed by atoms with E-state index in [0.717, 1.165) is 12.0 Å². The number of ketones is 1. The number of esters is 1. The van der Waals surface area contributed by atoms with Crippen LogP contribution in [0.15, 0.2) is 36.9 Å². The minimum Gasteiger partial charge on any atom is -0.461 e. The number of hydrogen-bond donors (Lipinski definition) is 0. The summed E-state index contributed by atoms with van der Waals surface area (Å²) in [7, 11) is 0. The van der Waals surface area contributed by atoms with E-state index in [-0.39, 0.29) is 12.4 Å². The molecule has 0 amide bonds. The molecule has 1 aliphatic carbocycles. The summed E-state index contributed by atoms with van der Waals surface area (Å²) in [6, 6.07) is 7.43. The quantitative estimate of drug-likeness (QED) is 0.466. The smallest absolute Gasteiger partial charge is 0.320 e. The first kappa shape index (κ1) is 12.6. The molecule has 1 unspecified atom stereocenters. The van der Waals surface area contributed by atoms with Gasteiger partial charge in [0.2, 0.25) is 0 Å². The van der Waals surface area contributed by atoms with E-state index >= 15 is 0 Å². The van der Waals surface area contributed by atoms with E-state index in [0.29, 0.717) is 12.0 Å². The molecule has 0 N–H and O–H groups in total. The molecule has 1 aromatic carbocycles. The van der Waals surface area contributed by atoms with Crippen LogP contribution in [0.4, 0.5) is 0 Å². The maximum absolute atomic E-state index is 12.4. The van der Waals surface area contributed by atoms with Crippen molar-refractivity contribution in [3.05, 3.63) is 48.0 Å². The van der Waals surface area contributed by atoms with Crippen LogP contribution in [0.5, 0.6) is 0 Å². The monoisotopic (exact) mass is 244 g/mol. The molecule has 94 valence electrons. The van der Waals surface area contributed by atoms with E-state index in [1.807, 2.05) is 18.2 Å². The second kappa shape index (κ2) is 4.77. The second-order valence-electron chi connectivity index (χ2n) is 4.71. The Hall–Kier alpha value is -1.90. The highest BCUT2D eigenvalue weighted by atomic mass is 16.5. The number of Topliss-reactive ketones (excluding diaryl/α,β-unsaturated/α-hetero) is 1. The van der Waals surface area contributed by atoms with Gasteiger partial charge >= 0.3 is 5.97 Å². The number of fused-ring (bicyclic) bond motifs is 1. The van der Waals surface area contributed by atoms with Gasteiger partial charge in [0.15, 0.2) is 5.78 Å². The van der Waals surface area contributed by atoms with Crippen LogP contribution in [-0.2, 0) is 16.0 Å². The minimum atomic E-state index is -1.06. The van der Waals surface area contributed by atoms with Crippen LogP contribution in [0.25, 0.3) is 0 Å². The Morgan fingerprint density at radius 3 is 2.94 bits per heavy atom. The van der Waals surface area contributed by atoms with Gasteiger partial charge in [-0.05, 0) is 25.3 Å². The van der Waals surface area contributed by atoms with E-state index in [1.165, 1.54) is 6.08 Å². The second-order valence-corrected chi connectivity index (χ2v) is 4.71. The highest BCUT2D eigenvalue weighted by Crippen LogP contribution is 2.36. The predicted octanol–water partition coefficient (Wildman–Crippen LogP) is 2.55. The van der Waals surface area contributed by atoms with Gasteiger partial charge in [0.25, 0.3) is 0 Å². The molecule has 0 spiro atoms. The lowest BCUT2D eigenvalue weighted by atomic mass is 9.72. The molecule has 18 heavy (non-hydrogen) atoms. The molecular formula is C15H16O3. The lowest BCUT2D eigenvalue weighted by Crippen LogP contribution is -2.41. The highest BCUT2D eigenvalue weighted by molar-refractivity contribution is 6.13. The van der Waals surface area contributed by atoms with Gasteiger partial charge in [-0.1, -0.05) is 36.9 Å². The average molecular weight is 244 g/mol. The molecule has 1 aromatic rings. The average Bonchev–Trinajstić information content (AvgIpc) is 2.40. The molecule has 0 radical (unpaired) electrons. The number of hydrogen-bond acceptors (Lipinski definition) is 3. The summed E-state index contributed by atoms with van der Waals surface area (Å²) in [5, 5.41) is 0. The molecule has 0 aromatic heterocycles. The summed E-state index contributed by atoms with van der Waals surface area (Å²) in [5.74, 6) is -0.597. The molecule has 0 saturated carbocycles. The fourth-order valence-electron chi connectivity index (χ4n) is 2.24. The first-order valence-electron chi connectivity index (χ1n) is 6.00. The van der Waals surface area contributed by atoms with Crippen molar-refractivity contribution in [1.82, 2.24) is 0 Å². The summed E-state index contributed by atoms with van der Waals surface area (Å²) in [6.07, 6.45) is 2.73. The number of carbonyl (C=O) groups excluding carboxylic acids is 2. The largest absolute Gasteiger partial charge is 0.461 e. The van der Waals surface area contributed by atoms with Crippen molar-refractivity contribution in [3.63, 3.8) is 0 Å². The van der Waals surface area contributed by atoms with E-state index in [1.54, 1.807) is 13.0 Å². The molecule has 1 atom stereocenters. The first-order chi connectivity index (χ1) is 8.59. The topological polar surface area (TPSA) is 43.4 Å². The molecule has 3 nitrogen and oxygen atoms in total. The molecule has 2 rings (SSSR count). The van der Waals surface area contributed by atoms with Crippen molar-refractivity contribution >= 4 is 11.8 Å². The van der Waals surface area contributed by atoms with E-state index in [2.05, 4.69) is 6.58 Å². The van der Waals surface area contributed by atoms with Crippen molar-refractivity contribution in [2.24, 2.45) is 5.41 Å². The SMILES string of the molecule is C=CCOC(=O)C1(C)CCc2ccccc2C1=O. The number of aryl methyl sites for hydroxylation is 1. The first-order valence-corrected chi connectivity index (χ1v) is 6.00. The van der Waals surface area contributed by atoms with Gasteiger partial charge in [-0.25, -0.2) is 0 Å².